The van der Waals surface area contributed by atoms with Crippen LogP contribution >= 0.6 is 0 Å². The number of carbonyl (C=O) groups excluding carboxylic acids is 1. The van der Waals surface area contributed by atoms with Crippen molar-refractivity contribution in [2.24, 2.45) is 0 Å². The van der Waals surface area contributed by atoms with E-state index in [2.05, 4.69) is 4.98 Å². The Labute approximate surface area is 85.1 Å². The predicted octanol–water partition coefficient (Wildman–Crippen LogP) is 2.21. The molecule has 78 valence electrons. The molecule has 0 aromatic carbocycles. The van der Waals surface area contributed by atoms with Crippen molar-refractivity contribution in [2.45, 2.75) is 27.2 Å². The summed E-state index contributed by atoms with van der Waals surface area (Å²) in [4.78, 5) is 14.9. The quantitative estimate of drug-likeness (QED) is 0.694. The first-order valence-electron chi connectivity index (χ1n) is 4.87. The summed E-state index contributed by atoms with van der Waals surface area (Å²) in [5.41, 5.74) is 0.885. The SMILES string of the molecule is CC.CCOC(=O)Cc1cccnc1. The smallest absolute Gasteiger partial charge is 0.310 e. The van der Waals surface area contributed by atoms with Gasteiger partial charge < -0.3 is 4.74 Å². The number of hydrogen-bond acceptors (Lipinski definition) is 3. The van der Waals surface area contributed by atoms with E-state index >= 15 is 0 Å². The number of nitrogens with zero attached hydrogens (tertiary/aromatic N) is 1. The zero-order valence-corrected chi connectivity index (χ0v) is 8.99. The molecule has 0 aliphatic carbocycles. The Hall–Kier alpha value is -1.38. The maximum absolute atomic E-state index is 11.0. The minimum Gasteiger partial charge on any atom is -0.466 e. The molecule has 0 saturated carbocycles. The summed E-state index contributed by atoms with van der Waals surface area (Å²) in [5, 5.41) is 0. The van der Waals surface area contributed by atoms with Gasteiger partial charge in [0.05, 0.1) is 13.0 Å². The molecule has 0 aliphatic rings. The van der Waals surface area contributed by atoms with E-state index < -0.39 is 0 Å². The highest BCUT2D eigenvalue weighted by molar-refractivity contribution is 5.72. The summed E-state index contributed by atoms with van der Waals surface area (Å²) in [6, 6.07) is 3.65. The zero-order valence-electron chi connectivity index (χ0n) is 8.99. The second-order valence-electron chi connectivity index (χ2n) is 2.34. The lowest BCUT2D eigenvalue weighted by atomic mass is 10.2. The maximum atomic E-state index is 11.0. The monoisotopic (exact) mass is 195 g/mol. The molecule has 0 fully saturated rings. The van der Waals surface area contributed by atoms with Gasteiger partial charge >= 0.3 is 5.97 Å². The Kier molecular flexibility index (Phi) is 7.42. The van der Waals surface area contributed by atoms with E-state index in [1.165, 1.54) is 0 Å². The van der Waals surface area contributed by atoms with Gasteiger partial charge in [-0.3, -0.25) is 9.78 Å². The molecule has 0 bridgehead atoms. The van der Waals surface area contributed by atoms with Crippen LogP contribution in [0.4, 0.5) is 0 Å². The van der Waals surface area contributed by atoms with Crippen LogP contribution in [0.15, 0.2) is 24.5 Å². The first-order chi connectivity index (χ1) is 6.83. The van der Waals surface area contributed by atoms with Crippen LogP contribution in [0.3, 0.4) is 0 Å². The number of carbonyl (C=O) groups is 1. The molecule has 1 rings (SSSR count). The summed E-state index contributed by atoms with van der Waals surface area (Å²) in [6.45, 7) is 6.22. The normalized spacial score (nSPS) is 8.50. The molecule has 3 nitrogen and oxygen atoms in total. The van der Waals surface area contributed by atoms with Gasteiger partial charge in [0, 0.05) is 12.4 Å². The van der Waals surface area contributed by atoms with Gasteiger partial charge in [0.25, 0.3) is 0 Å². The first kappa shape index (κ1) is 12.6. The molecule has 1 heterocycles. The van der Waals surface area contributed by atoms with Crippen LogP contribution in [-0.4, -0.2) is 17.6 Å². The third-order valence-electron chi connectivity index (χ3n) is 1.38. The van der Waals surface area contributed by atoms with Crippen LogP contribution in [0.1, 0.15) is 26.3 Å². The van der Waals surface area contributed by atoms with Gasteiger partial charge in [-0.1, -0.05) is 19.9 Å². The Bertz CT molecular complexity index is 247. The number of hydrogen-bond donors (Lipinski definition) is 0. The Morgan fingerprint density at radius 1 is 1.50 bits per heavy atom. The molecular formula is C11H17NO2. The molecule has 0 unspecified atom stereocenters. The summed E-state index contributed by atoms with van der Waals surface area (Å²) in [5.74, 6) is -0.203. The van der Waals surface area contributed by atoms with Gasteiger partial charge in [-0.25, -0.2) is 0 Å². The number of rotatable bonds is 3. The Balaban J connectivity index is 0.000000791. The molecule has 1 aromatic heterocycles. The fourth-order valence-electron chi connectivity index (χ4n) is 0.881. The molecule has 0 atom stereocenters. The van der Waals surface area contributed by atoms with Crippen molar-refractivity contribution in [1.29, 1.82) is 0 Å². The summed E-state index contributed by atoms with van der Waals surface area (Å²) in [7, 11) is 0. The van der Waals surface area contributed by atoms with E-state index in [9.17, 15) is 4.79 Å². The molecule has 0 spiro atoms. The van der Waals surface area contributed by atoms with E-state index in [1.54, 1.807) is 25.4 Å². The number of esters is 1. The number of pyridine rings is 1. The van der Waals surface area contributed by atoms with E-state index in [4.69, 9.17) is 4.74 Å². The lowest BCUT2D eigenvalue weighted by Crippen LogP contribution is -2.07. The van der Waals surface area contributed by atoms with Gasteiger partial charge in [0.2, 0.25) is 0 Å². The van der Waals surface area contributed by atoms with Crippen LogP contribution in [0.5, 0.6) is 0 Å². The van der Waals surface area contributed by atoms with Crippen LogP contribution in [0.2, 0.25) is 0 Å². The highest BCUT2D eigenvalue weighted by atomic mass is 16.5. The van der Waals surface area contributed by atoms with Crippen molar-refractivity contribution >= 4 is 5.97 Å². The van der Waals surface area contributed by atoms with Gasteiger partial charge in [-0.05, 0) is 18.6 Å². The average molecular weight is 195 g/mol. The minimum absolute atomic E-state index is 0.203. The van der Waals surface area contributed by atoms with Gasteiger partial charge in [-0.2, -0.15) is 0 Å². The number of aromatic nitrogens is 1. The fourth-order valence-corrected chi connectivity index (χ4v) is 0.881. The standard InChI is InChI=1S/C9H11NO2.C2H6/c1-2-12-9(11)6-8-4-3-5-10-7-8;1-2/h3-5,7H,2,6H2,1H3;1-2H3. The van der Waals surface area contributed by atoms with Crippen molar-refractivity contribution in [3.8, 4) is 0 Å². The molecule has 0 saturated heterocycles. The second kappa shape index (κ2) is 8.23. The largest absolute Gasteiger partial charge is 0.466 e. The van der Waals surface area contributed by atoms with Gasteiger partial charge in [0.15, 0.2) is 0 Å². The average Bonchev–Trinajstić information content (AvgIpc) is 2.22. The molecule has 0 amide bonds. The van der Waals surface area contributed by atoms with Crippen molar-refractivity contribution in [3.05, 3.63) is 30.1 Å². The summed E-state index contributed by atoms with van der Waals surface area (Å²) < 4.78 is 4.78. The topological polar surface area (TPSA) is 39.2 Å². The van der Waals surface area contributed by atoms with Gasteiger partial charge in [0.1, 0.15) is 0 Å². The van der Waals surface area contributed by atoms with Crippen LogP contribution in [0.25, 0.3) is 0 Å². The van der Waals surface area contributed by atoms with E-state index in [0.717, 1.165) is 5.56 Å². The predicted molar refractivity (Wildman–Crippen MR) is 55.9 cm³/mol. The van der Waals surface area contributed by atoms with Crippen LogP contribution in [-0.2, 0) is 16.0 Å². The lowest BCUT2D eigenvalue weighted by molar-refractivity contribution is -0.142. The lowest BCUT2D eigenvalue weighted by Gasteiger charge is -2.00. The van der Waals surface area contributed by atoms with Crippen LogP contribution < -0.4 is 0 Å². The zero-order chi connectivity index (χ0) is 10.8. The second-order valence-corrected chi connectivity index (χ2v) is 2.34. The molecule has 0 radical (unpaired) electrons. The van der Waals surface area contributed by atoms with E-state index in [-0.39, 0.29) is 5.97 Å². The highest BCUT2D eigenvalue weighted by Gasteiger charge is 2.02. The molecule has 0 N–H and O–H groups in total. The molecule has 1 aromatic rings. The third kappa shape index (κ3) is 5.30. The van der Waals surface area contributed by atoms with Crippen LogP contribution in [0, 0.1) is 0 Å². The molecular weight excluding hydrogens is 178 g/mol. The number of ether oxygens (including phenoxy) is 1. The summed E-state index contributed by atoms with van der Waals surface area (Å²) >= 11 is 0. The van der Waals surface area contributed by atoms with Crippen molar-refractivity contribution in [2.75, 3.05) is 6.61 Å². The van der Waals surface area contributed by atoms with E-state index in [1.807, 2.05) is 19.9 Å². The third-order valence-corrected chi connectivity index (χ3v) is 1.38. The van der Waals surface area contributed by atoms with Crippen molar-refractivity contribution < 1.29 is 9.53 Å². The van der Waals surface area contributed by atoms with Crippen molar-refractivity contribution in [1.82, 2.24) is 4.98 Å². The minimum atomic E-state index is -0.203. The Morgan fingerprint density at radius 2 is 2.21 bits per heavy atom. The van der Waals surface area contributed by atoms with Crippen molar-refractivity contribution in [3.63, 3.8) is 0 Å². The fraction of sp³-hybridized carbons (Fsp3) is 0.455. The molecule has 14 heavy (non-hydrogen) atoms. The molecule has 0 aliphatic heterocycles. The maximum Gasteiger partial charge on any atom is 0.310 e. The molecule has 3 heteroatoms. The Morgan fingerprint density at radius 3 is 2.71 bits per heavy atom. The summed E-state index contributed by atoms with van der Waals surface area (Å²) in [6.07, 6.45) is 3.65. The van der Waals surface area contributed by atoms with Gasteiger partial charge in [-0.15, -0.1) is 0 Å². The first-order valence-corrected chi connectivity index (χ1v) is 4.87. The van der Waals surface area contributed by atoms with E-state index in [0.29, 0.717) is 13.0 Å². The highest BCUT2D eigenvalue weighted by Crippen LogP contribution is 1.97.